The molecule has 1 heterocycles. The molecule has 0 unspecified atom stereocenters. The van der Waals surface area contributed by atoms with Gasteiger partial charge in [-0.15, -0.1) is 10.2 Å². The first kappa shape index (κ1) is 19.9. The van der Waals surface area contributed by atoms with E-state index in [1.54, 1.807) is 17.0 Å². The van der Waals surface area contributed by atoms with Crippen molar-refractivity contribution in [3.63, 3.8) is 0 Å². The number of halogens is 2. The zero-order valence-corrected chi connectivity index (χ0v) is 18.1. The van der Waals surface area contributed by atoms with E-state index in [2.05, 4.69) is 26.1 Å². The van der Waals surface area contributed by atoms with Gasteiger partial charge in [0.05, 0.1) is 12.1 Å². The first-order valence-electron chi connectivity index (χ1n) is 9.27. The summed E-state index contributed by atoms with van der Waals surface area (Å²) in [6, 6.07) is 13.1. The number of aryl methyl sites for hydroxylation is 1. The van der Waals surface area contributed by atoms with Gasteiger partial charge in [0.1, 0.15) is 5.75 Å². The normalized spacial score (nSPS) is 13.3. The molecule has 3 aromatic rings. The van der Waals surface area contributed by atoms with Crippen LogP contribution in [0, 0.1) is 6.92 Å². The molecule has 1 aliphatic rings. The van der Waals surface area contributed by atoms with Crippen molar-refractivity contribution in [3.05, 3.63) is 63.4 Å². The number of rotatable bonds is 7. The molecular weight excluding hydrogens is 458 g/mol. The molecule has 1 aliphatic carbocycles. The Morgan fingerprint density at radius 2 is 2.07 bits per heavy atom. The highest BCUT2D eigenvalue weighted by Crippen LogP contribution is 2.30. The highest BCUT2D eigenvalue weighted by Gasteiger charge is 2.34. The van der Waals surface area contributed by atoms with E-state index in [0.717, 1.165) is 28.4 Å². The van der Waals surface area contributed by atoms with Gasteiger partial charge in [-0.3, -0.25) is 4.79 Å². The summed E-state index contributed by atoms with van der Waals surface area (Å²) in [7, 11) is 0. The van der Waals surface area contributed by atoms with Gasteiger partial charge in [0.15, 0.2) is 6.61 Å². The maximum absolute atomic E-state index is 12.8. The van der Waals surface area contributed by atoms with E-state index in [4.69, 9.17) is 20.8 Å². The predicted molar refractivity (Wildman–Crippen MR) is 113 cm³/mol. The monoisotopic (exact) mass is 475 g/mol. The van der Waals surface area contributed by atoms with Crippen molar-refractivity contribution < 1.29 is 13.9 Å². The fourth-order valence-electron chi connectivity index (χ4n) is 3.01. The van der Waals surface area contributed by atoms with Gasteiger partial charge in [0.2, 0.25) is 11.8 Å². The van der Waals surface area contributed by atoms with Gasteiger partial charge in [0.25, 0.3) is 5.91 Å². The number of carbonyl (C=O) groups excluding carboxylic acids is 1. The van der Waals surface area contributed by atoms with Gasteiger partial charge in [0, 0.05) is 15.5 Å². The molecule has 1 fully saturated rings. The Bertz CT molecular complexity index is 1040. The second-order valence-electron chi connectivity index (χ2n) is 6.93. The van der Waals surface area contributed by atoms with Gasteiger partial charge < -0.3 is 14.1 Å². The number of benzene rings is 2. The zero-order chi connectivity index (χ0) is 20.4. The van der Waals surface area contributed by atoms with E-state index in [-0.39, 0.29) is 25.1 Å². The molecule has 8 heteroatoms. The Morgan fingerprint density at radius 1 is 1.28 bits per heavy atom. The minimum atomic E-state index is -0.109. The molecule has 4 rings (SSSR count). The van der Waals surface area contributed by atoms with E-state index >= 15 is 0 Å². The van der Waals surface area contributed by atoms with Crippen molar-refractivity contribution in [2.45, 2.75) is 32.4 Å². The lowest BCUT2D eigenvalue weighted by molar-refractivity contribution is -0.134. The molecule has 1 amide bonds. The van der Waals surface area contributed by atoms with Gasteiger partial charge in [-0.05, 0) is 71.6 Å². The fraction of sp³-hybridized carbons (Fsp3) is 0.286. The van der Waals surface area contributed by atoms with Crippen LogP contribution < -0.4 is 4.74 Å². The molecule has 0 aliphatic heterocycles. The van der Waals surface area contributed by atoms with Crippen molar-refractivity contribution >= 4 is 33.4 Å². The number of amides is 1. The summed E-state index contributed by atoms with van der Waals surface area (Å²) < 4.78 is 12.4. The van der Waals surface area contributed by atoms with Crippen molar-refractivity contribution in [2.75, 3.05) is 6.61 Å². The van der Waals surface area contributed by atoms with Gasteiger partial charge >= 0.3 is 0 Å². The van der Waals surface area contributed by atoms with Crippen LogP contribution in [0.1, 0.15) is 24.3 Å². The molecule has 6 nitrogen and oxygen atoms in total. The maximum Gasteiger partial charge on any atom is 0.261 e. The topological polar surface area (TPSA) is 68.5 Å². The molecule has 0 saturated heterocycles. The van der Waals surface area contributed by atoms with Crippen molar-refractivity contribution in [1.29, 1.82) is 0 Å². The van der Waals surface area contributed by atoms with Gasteiger partial charge in [-0.1, -0.05) is 23.7 Å². The average molecular weight is 477 g/mol. The van der Waals surface area contributed by atoms with Crippen LogP contribution in [0.4, 0.5) is 0 Å². The molecule has 150 valence electrons. The standard InChI is InChI=1S/C21H19BrClN3O3/c1-13-10-14(23)6-9-18(13)28-12-20(27)26(15-7-8-15)11-19-24-25-21(29-19)16-4-2-3-5-17(16)22/h2-6,9-10,15H,7-8,11-12H2,1H3. The zero-order valence-electron chi connectivity index (χ0n) is 15.8. The summed E-state index contributed by atoms with van der Waals surface area (Å²) >= 11 is 9.45. The third kappa shape index (κ3) is 4.79. The Kier molecular flexibility index (Phi) is 5.87. The minimum Gasteiger partial charge on any atom is -0.483 e. The first-order valence-corrected chi connectivity index (χ1v) is 10.4. The van der Waals surface area contributed by atoms with Crippen LogP contribution >= 0.6 is 27.5 Å². The largest absolute Gasteiger partial charge is 0.483 e. The van der Waals surface area contributed by atoms with Crippen molar-refractivity contribution in [3.8, 4) is 17.2 Å². The SMILES string of the molecule is Cc1cc(Cl)ccc1OCC(=O)N(Cc1nnc(-c2ccccc2Br)o1)C1CC1. The third-order valence-electron chi connectivity index (χ3n) is 4.67. The van der Waals surface area contributed by atoms with E-state index < -0.39 is 0 Å². The molecule has 1 aromatic heterocycles. The highest BCUT2D eigenvalue weighted by atomic mass is 79.9. The van der Waals surface area contributed by atoms with Crippen LogP contribution in [0.3, 0.4) is 0 Å². The Balaban J connectivity index is 1.43. The number of aromatic nitrogens is 2. The average Bonchev–Trinajstić information content (AvgIpc) is 3.43. The van der Waals surface area contributed by atoms with Crippen LogP contribution in [-0.2, 0) is 11.3 Å². The lowest BCUT2D eigenvalue weighted by Gasteiger charge is -2.21. The Labute approximate surface area is 182 Å². The predicted octanol–water partition coefficient (Wildman–Crippen LogP) is 5.03. The Hall–Kier alpha value is -2.38. The lowest BCUT2D eigenvalue weighted by atomic mass is 10.2. The van der Waals surface area contributed by atoms with E-state index in [9.17, 15) is 4.79 Å². The highest BCUT2D eigenvalue weighted by molar-refractivity contribution is 9.10. The van der Waals surface area contributed by atoms with E-state index in [0.29, 0.717) is 22.6 Å². The fourth-order valence-corrected chi connectivity index (χ4v) is 3.69. The van der Waals surface area contributed by atoms with Gasteiger partial charge in [-0.2, -0.15) is 0 Å². The number of nitrogens with zero attached hydrogens (tertiary/aromatic N) is 3. The van der Waals surface area contributed by atoms with E-state index in [1.807, 2.05) is 37.3 Å². The molecule has 0 N–H and O–H groups in total. The minimum absolute atomic E-state index is 0.0514. The Morgan fingerprint density at radius 3 is 2.79 bits per heavy atom. The van der Waals surface area contributed by atoms with Crippen molar-refractivity contribution in [1.82, 2.24) is 15.1 Å². The molecule has 2 aromatic carbocycles. The van der Waals surface area contributed by atoms with Crippen LogP contribution in [0.25, 0.3) is 11.5 Å². The van der Waals surface area contributed by atoms with Crippen LogP contribution in [0.15, 0.2) is 51.4 Å². The molecular formula is C21H19BrClN3O3. The summed E-state index contributed by atoms with van der Waals surface area (Å²) in [4.78, 5) is 14.5. The molecule has 0 atom stereocenters. The summed E-state index contributed by atoms with van der Waals surface area (Å²) in [6.45, 7) is 2.11. The third-order valence-corrected chi connectivity index (χ3v) is 5.60. The van der Waals surface area contributed by atoms with Crippen LogP contribution in [0.2, 0.25) is 5.02 Å². The molecule has 0 bridgehead atoms. The molecule has 29 heavy (non-hydrogen) atoms. The lowest BCUT2D eigenvalue weighted by Crippen LogP contribution is -2.36. The van der Waals surface area contributed by atoms with E-state index in [1.165, 1.54) is 0 Å². The van der Waals surface area contributed by atoms with Gasteiger partial charge in [-0.25, -0.2) is 0 Å². The second kappa shape index (κ2) is 8.55. The first-order chi connectivity index (χ1) is 14.0. The molecule has 0 spiro atoms. The quantitative estimate of drug-likeness (QED) is 0.478. The summed E-state index contributed by atoms with van der Waals surface area (Å²) in [6.07, 6.45) is 1.94. The van der Waals surface area contributed by atoms with Crippen molar-refractivity contribution in [2.24, 2.45) is 0 Å². The molecule has 1 saturated carbocycles. The summed E-state index contributed by atoms with van der Waals surface area (Å²) in [5, 5.41) is 8.88. The summed E-state index contributed by atoms with van der Waals surface area (Å²) in [5.74, 6) is 1.36. The smallest absolute Gasteiger partial charge is 0.261 e. The second-order valence-corrected chi connectivity index (χ2v) is 8.22. The number of carbonyl (C=O) groups is 1. The summed E-state index contributed by atoms with van der Waals surface area (Å²) in [5.41, 5.74) is 1.70. The molecule has 0 radical (unpaired) electrons. The number of ether oxygens (including phenoxy) is 1. The maximum atomic E-state index is 12.8. The van der Waals surface area contributed by atoms with Crippen LogP contribution in [0.5, 0.6) is 5.75 Å². The van der Waals surface area contributed by atoms with Crippen LogP contribution in [-0.4, -0.2) is 33.7 Å². The number of hydrogen-bond donors (Lipinski definition) is 0. The number of hydrogen-bond acceptors (Lipinski definition) is 5.